The molecule has 0 bridgehead atoms. The monoisotopic (exact) mass is 476 g/mol. The first-order valence-electron chi connectivity index (χ1n) is 10.8. The van der Waals surface area contributed by atoms with Gasteiger partial charge in [-0.05, 0) is 25.1 Å². The van der Waals surface area contributed by atoms with E-state index in [0.717, 1.165) is 10.9 Å². The van der Waals surface area contributed by atoms with Crippen molar-refractivity contribution < 1.29 is 18.7 Å². The minimum Gasteiger partial charge on any atom is -0.383 e. The number of pyridine rings is 3. The minimum atomic E-state index is -0.918. The summed E-state index contributed by atoms with van der Waals surface area (Å²) in [6.07, 6.45) is 6.01. The Hall–Kier alpha value is -4.45. The number of halogens is 1. The van der Waals surface area contributed by atoms with E-state index in [1.807, 2.05) is 0 Å². The van der Waals surface area contributed by atoms with E-state index in [9.17, 15) is 14.0 Å². The minimum absolute atomic E-state index is 0.0292. The van der Waals surface area contributed by atoms with Crippen molar-refractivity contribution in [1.82, 2.24) is 30.0 Å². The number of hydrogen-bond donors (Lipinski definition) is 3. The first-order chi connectivity index (χ1) is 16.9. The van der Waals surface area contributed by atoms with E-state index in [-0.39, 0.29) is 25.5 Å². The number of aromatic nitrogens is 5. The topological polar surface area (TPSA) is 152 Å². The first-order valence-corrected chi connectivity index (χ1v) is 10.8. The Bertz CT molecular complexity index is 1440. The van der Waals surface area contributed by atoms with Gasteiger partial charge in [0.15, 0.2) is 0 Å². The molecule has 178 valence electrons. The summed E-state index contributed by atoms with van der Waals surface area (Å²) in [6.45, 7) is 2.05. The van der Waals surface area contributed by atoms with Gasteiger partial charge in [0.1, 0.15) is 11.6 Å². The molecule has 35 heavy (non-hydrogen) atoms. The average Bonchev–Trinajstić information content (AvgIpc) is 3.54. The highest BCUT2D eigenvalue weighted by molar-refractivity contribution is 6.39. The highest BCUT2D eigenvalue weighted by atomic mass is 19.1. The quantitative estimate of drug-likeness (QED) is 0.371. The largest absolute Gasteiger partial charge is 0.383 e. The Balaban J connectivity index is 1.45. The maximum absolute atomic E-state index is 14.5. The summed E-state index contributed by atoms with van der Waals surface area (Å²) < 4.78 is 20.0. The molecular formula is C23H21FN8O3. The van der Waals surface area contributed by atoms with E-state index in [4.69, 9.17) is 10.5 Å². The molecule has 2 amide bonds. The molecule has 0 saturated heterocycles. The van der Waals surface area contributed by atoms with Crippen LogP contribution in [0.25, 0.3) is 10.9 Å². The van der Waals surface area contributed by atoms with Crippen LogP contribution in [0.5, 0.6) is 0 Å². The van der Waals surface area contributed by atoms with Gasteiger partial charge in [-0.3, -0.25) is 24.7 Å². The third-order valence-electron chi connectivity index (χ3n) is 5.89. The molecule has 5 rings (SSSR count). The first kappa shape index (κ1) is 22.3. The number of rotatable bonds is 5. The Labute approximate surface area is 198 Å². The van der Waals surface area contributed by atoms with Crippen molar-refractivity contribution in [2.24, 2.45) is 0 Å². The van der Waals surface area contributed by atoms with E-state index in [1.54, 1.807) is 25.4 Å². The fourth-order valence-corrected chi connectivity index (χ4v) is 3.99. The fourth-order valence-electron chi connectivity index (χ4n) is 3.99. The van der Waals surface area contributed by atoms with Crippen molar-refractivity contribution in [3.8, 4) is 0 Å². The second-order valence-corrected chi connectivity index (χ2v) is 8.07. The van der Waals surface area contributed by atoms with Crippen LogP contribution >= 0.6 is 0 Å². The zero-order chi connectivity index (χ0) is 24.5. The average molecular weight is 476 g/mol. The Morgan fingerprint density at radius 3 is 2.89 bits per heavy atom. The van der Waals surface area contributed by atoms with Gasteiger partial charge >= 0.3 is 11.8 Å². The van der Waals surface area contributed by atoms with Crippen LogP contribution in [-0.4, -0.2) is 41.9 Å². The lowest BCUT2D eigenvalue weighted by atomic mass is 10.1. The van der Waals surface area contributed by atoms with Crippen LogP contribution in [-0.2, 0) is 34.1 Å². The number of fused-ring (bicyclic) bond motifs is 2. The lowest BCUT2D eigenvalue weighted by Crippen LogP contribution is -2.41. The predicted molar refractivity (Wildman–Crippen MR) is 123 cm³/mol. The van der Waals surface area contributed by atoms with Crippen LogP contribution < -0.4 is 11.1 Å². The fraction of sp³-hybridized carbons (Fsp3) is 0.217. The molecule has 12 heteroatoms. The Morgan fingerprint density at radius 2 is 2.06 bits per heavy atom. The molecule has 0 aliphatic carbocycles. The Kier molecular flexibility index (Phi) is 5.79. The second kappa shape index (κ2) is 9.06. The number of nitrogen functional groups attached to an aromatic ring is 1. The lowest BCUT2D eigenvalue weighted by molar-refractivity contribution is -0.145. The summed E-state index contributed by atoms with van der Waals surface area (Å²) in [7, 11) is 0. The van der Waals surface area contributed by atoms with Crippen LogP contribution in [0.1, 0.15) is 35.5 Å². The highest BCUT2D eigenvalue weighted by Gasteiger charge is 2.31. The van der Waals surface area contributed by atoms with E-state index in [2.05, 4.69) is 30.5 Å². The van der Waals surface area contributed by atoms with Gasteiger partial charge in [-0.15, -0.1) is 0 Å². The number of ether oxygens (including phenoxy) is 1. The number of hydrogen-bond acceptors (Lipinski definition) is 8. The molecule has 1 atom stereocenters. The van der Waals surface area contributed by atoms with Crippen LogP contribution in [0.2, 0.25) is 0 Å². The van der Waals surface area contributed by atoms with E-state index in [1.165, 1.54) is 29.4 Å². The van der Waals surface area contributed by atoms with Crippen molar-refractivity contribution in [1.29, 1.82) is 0 Å². The van der Waals surface area contributed by atoms with Gasteiger partial charge in [-0.2, -0.15) is 5.10 Å². The number of aromatic amines is 1. The summed E-state index contributed by atoms with van der Waals surface area (Å²) in [5.41, 5.74) is 8.80. The molecule has 0 spiro atoms. The summed E-state index contributed by atoms with van der Waals surface area (Å²) in [5.74, 6) is -2.09. The summed E-state index contributed by atoms with van der Waals surface area (Å²) in [5, 5.41) is 10.2. The third kappa shape index (κ3) is 4.26. The molecule has 0 radical (unpaired) electrons. The summed E-state index contributed by atoms with van der Waals surface area (Å²) >= 11 is 0. The van der Waals surface area contributed by atoms with Crippen molar-refractivity contribution in [3.63, 3.8) is 0 Å². The zero-order valence-corrected chi connectivity index (χ0v) is 18.7. The number of carbonyl (C=O) groups is 2. The van der Waals surface area contributed by atoms with Crippen molar-refractivity contribution in [3.05, 3.63) is 71.3 Å². The van der Waals surface area contributed by atoms with Gasteiger partial charge < -0.3 is 20.7 Å². The highest BCUT2D eigenvalue weighted by Crippen LogP contribution is 2.30. The van der Waals surface area contributed by atoms with Crippen molar-refractivity contribution in [2.75, 3.05) is 11.1 Å². The molecule has 0 saturated carbocycles. The lowest BCUT2D eigenvalue weighted by Gasteiger charge is -2.28. The molecule has 0 fully saturated rings. The van der Waals surface area contributed by atoms with Gasteiger partial charge in [0.2, 0.25) is 0 Å². The molecule has 1 aliphatic heterocycles. The normalized spacial score (nSPS) is 13.4. The molecular weight excluding hydrogens is 455 g/mol. The van der Waals surface area contributed by atoms with Crippen molar-refractivity contribution in [2.45, 2.75) is 32.7 Å². The maximum Gasteiger partial charge on any atom is 0.313 e. The van der Waals surface area contributed by atoms with Gasteiger partial charge in [-0.1, -0.05) is 0 Å². The number of amides is 2. The molecule has 5 heterocycles. The summed E-state index contributed by atoms with van der Waals surface area (Å²) in [4.78, 5) is 40.2. The summed E-state index contributed by atoms with van der Waals surface area (Å²) in [6, 6.07) is 3.58. The standard InChI is InChI=1S/C23H21FN8O3/c1-12(20-17(24)3-2-4-26-20)32(9-14-5-13-6-29-31-18(13)7-27-14)23(34)22(33)30-19-8-28-21(25)16-11-35-10-15(16)19/h2-8,12H,9-11H2,1H3,(H2,25,28)(H,29,31)(H,30,33). The second-order valence-electron chi connectivity index (χ2n) is 8.07. The number of nitrogens with two attached hydrogens (primary N) is 1. The van der Waals surface area contributed by atoms with Crippen LogP contribution in [0.4, 0.5) is 15.9 Å². The van der Waals surface area contributed by atoms with E-state index in [0.29, 0.717) is 28.3 Å². The molecule has 4 aromatic heterocycles. The van der Waals surface area contributed by atoms with Crippen LogP contribution in [0, 0.1) is 5.82 Å². The number of anilines is 2. The molecule has 0 aromatic carbocycles. The number of nitrogens with zero attached hydrogens (tertiary/aromatic N) is 5. The van der Waals surface area contributed by atoms with E-state index >= 15 is 0 Å². The van der Waals surface area contributed by atoms with Gasteiger partial charge in [-0.25, -0.2) is 9.37 Å². The van der Waals surface area contributed by atoms with Crippen LogP contribution in [0.15, 0.2) is 43.0 Å². The van der Waals surface area contributed by atoms with Gasteiger partial charge in [0.05, 0.1) is 67.0 Å². The molecule has 11 nitrogen and oxygen atoms in total. The maximum atomic E-state index is 14.5. The molecule has 4 aromatic rings. The predicted octanol–water partition coefficient (Wildman–Crippen LogP) is 2.23. The van der Waals surface area contributed by atoms with Crippen molar-refractivity contribution >= 4 is 34.2 Å². The van der Waals surface area contributed by atoms with Crippen LogP contribution in [0.3, 0.4) is 0 Å². The zero-order valence-electron chi connectivity index (χ0n) is 18.7. The van der Waals surface area contributed by atoms with Gasteiger partial charge in [0.25, 0.3) is 0 Å². The smallest absolute Gasteiger partial charge is 0.313 e. The Morgan fingerprint density at radius 1 is 1.23 bits per heavy atom. The van der Waals surface area contributed by atoms with E-state index < -0.39 is 23.7 Å². The molecule has 1 unspecified atom stereocenters. The third-order valence-corrected chi connectivity index (χ3v) is 5.89. The molecule has 4 N–H and O–H groups in total. The number of carbonyl (C=O) groups excluding carboxylic acids is 2. The number of H-pyrrole nitrogens is 1. The SMILES string of the molecule is CC(c1ncccc1F)N(Cc1cc2cn[nH]c2cn1)C(=O)C(=O)Nc1cnc(N)c2c1COC2. The van der Waals surface area contributed by atoms with Gasteiger partial charge in [0, 0.05) is 22.7 Å². The number of nitrogens with one attached hydrogen (secondary N) is 2. The molecule has 1 aliphatic rings.